The monoisotopic (exact) mass is 379 g/mol. The summed E-state index contributed by atoms with van der Waals surface area (Å²) in [7, 11) is 0. The van der Waals surface area contributed by atoms with Crippen molar-refractivity contribution in [1.29, 1.82) is 0 Å². The predicted octanol–water partition coefficient (Wildman–Crippen LogP) is 4.62. The zero-order valence-electron chi connectivity index (χ0n) is 15.6. The second-order valence-corrected chi connectivity index (χ2v) is 7.58. The van der Waals surface area contributed by atoms with Crippen LogP contribution in [-0.4, -0.2) is 35.5 Å². The Hall–Kier alpha value is -1.98. The topological polar surface area (TPSA) is 46.6 Å². The summed E-state index contributed by atoms with van der Waals surface area (Å²) in [4.78, 5) is 27.0. The average molecular weight is 379 g/mol. The van der Waals surface area contributed by atoms with E-state index in [-0.39, 0.29) is 23.6 Å². The molecule has 0 saturated heterocycles. The largest absolute Gasteiger partial charge is 0.452 e. The van der Waals surface area contributed by atoms with Crippen molar-refractivity contribution in [3.63, 3.8) is 0 Å². The molecule has 0 N–H and O–H groups in total. The Bertz CT molecular complexity index is 649. The quantitative estimate of drug-likeness (QED) is 0.702. The molecule has 27 heavy (non-hydrogen) atoms. The SMILES string of the molecule is O=C(OCC(=O)N(C1CCCCC1)C1CCCCC1)c1ccc(F)cc1F. The first-order valence-electron chi connectivity index (χ1n) is 9.99. The summed E-state index contributed by atoms with van der Waals surface area (Å²) in [5, 5.41) is 0. The van der Waals surface area contributed by atoms with E-state index in [1.165, 1.54) is 12.8 Å². The summed E-state index contributed by atoms with van der Waals surface area (Å²) >= 11 is 0. The minimum Gasteiger partial charge on any atom is -0.452 e. The minimum absolute atomic E-state index is 0.204. The number of amides is 1. The van der Waals surface area contributed by atoms with Gasteiger partial charge < -0.3 is 9.64 Å². The van der Waals surface area contributed by atoms with Crippen LogP contribution in [0, 0.1) is 11.6 Å². The lowest BCUT2D eigenvalue weighted by Crippen LogP contribution is -2.50. The van der Waals surface area contributed by atoms with Gasteiger partial charge in [0, 0.05) is 18.2 Å². The van der Waals surface area contributed by atoms with Gasteiger partial charge in [-0.3, -0.25) is 4.79 Å². The molecule has 2 aliphatic rings. The van der Waals surface area contributed by atoms with Crippen LogP contribution in [0.5, 0.6) is 0 Å². The molecule has 0 aromatic heterocycles. The van der Waals surface area contributed by atoms with E-state index < -0.39 is 24.2 Å². The molecule has 0 atom stereocenters. The van der Waals surface area contributed by atoms with E-state index in [9.17, 15) is 18.4 Å². The Kier molecular flexibility index (Phi) is 6.80. The second kappa shape index (κ2) is 9.29. The van der Waals surface area contributed by atoms with Crippen molar-refractivity contribution in [3.05, 3.63) is 35.4 Å². The number of esters is 1. The Morgan fingerprint density at radius 3 is 2.00 bits per heavy atom. The van der Waals surface area contributed by atoms with Crippen LogP contribution in [-0.2, 0) is 9.53 Å². The summed E-state index contributed by atoms with van der Waals surface area (Å²) in [6, 6.07) is 3.08. The Balaban J connectivity index is 1.65. The summed E-state index contributed by atoms with van der Waals surface area (Å²) in [5.41, 5.74) is -0.355. The number of hydrogen-bond acceptors (Lipinski definition) is 3. The first-order chi connectivity index (χ1) is 13.1. The van der Waals surface area contributed by atoms with Crippen molar-refractivity contribution in [3.8, 4) is 0 Å². The van der Waals surface area contributed by atoms with Crippen molar-refractivity contribution >= 4 is 11.9 Å². The number of nitrogens with zero attached hydrogens (tertiary/aromatic N) is 1. The molecule has 1 aromatic carbocycles. The van der Waals surface area contributed by atoms with Crippen molar-refractivity contribution < 1.29 is 23.1 Å². The van der Waals surface area contributed by atoms with E-state index in [4.69, 9.17) is 4.74 Å². The molecular weight excluding hydrogens is 352 g/mol. The minimum atomic E-state index is -0.983. The number of hydrogen-bond donors (Lipinski definition) is 0. The molecule has 6 heteroatoms. The van der Waals surface area contributed by atoms with Crippen molar-refractivity contribution in [2.24, 2.45) is 0 Å². The smallest absolute Gasteiger partial charge is 0.341 e. The fourth-order valence-corrected chi connectivity index (χ4v) is 4.36. The third kappa shape index (κ3) is 5.05. The predicted molar refractivity (Wildman–Crippen MR) is 97.2 cm³/mol. The van der Waals surface area contributed by atoms with Crippen LogP contribution in [0.15, 0.2) is 18.2 Å². The first kappa shape index (κ1) is 19.8. The Morgan fingerprint density at radius 1 is 0.926 bits per heavy atom. The van der Waals surface area contributed by atoms with E-state index in [2.05, 4.69) is 0 Å². The first-order valence-corrected chi connectivity index (χ1v) is 9.99. The van der Waals surface area contributed by atoms with Crippen molar-refractivity contribution in [1.82, 2.24) is 4.90 Å². The van der Waals surface area contributed by atoms with Crippen LogP contribution < -0.4 is 0 Å². The molecule has 4 nitrogen and oxygen atoms in total. The maximum absolute atomic E-state index is 13.7. The normalized spacial score (nSPS) is 18.9. The van der Waals surface area contributed by atoms with E-state index >= 15 is 0 Å². The standard InChI is InChI=1S/C21H27F2NO3/c22-15-11-12-18(19(23)13-15)21(26)27-14-20(25)24(16-7-3-1-4-8-16)17-9-5-2-6-10-17/h11-13,16-17H,1-10,14H2. The number of benzene rings is 1. The lowest BCUT2D eigenvalue weighted by molar-refractivity contribution is -0.141. The highest BCUT2D eigenvalue weighted by Gasteiger charge is 2.33. The van der Waals surface area contributed by atoms with Crippen LogP contribution in [0.25, 0.3) is 0 Å². The van der Waals surface area contributed by atoms with Gasteiger partial charge in [0.05, 0.1) is 5.56 Å². The molecule has 1 amide bonds. The third-order valence-corrected chi connectivity index (χ3v) is 5.70. The number of halogens is 2. The van der Waals surface area contributed by atoms with Gasteiger partial charge in [-0.25, -0.2) is 13.6 Å². The van der Waals surface area contributed by atoms with Gasteiger partial charge in [-0.05, 0) is 37.8 Å². The van der Waals surface area contributed by atoms with Crippen LogP contribution in [0.1, 0.15) is 74.6 Å². The van der Waals surface area contributed by atoms with Gasteiger partial charge in [0.2, 0.25) is 0 Å². The van der Waals surface area contributed by atoms with Gasteiger partial charge in [0.1, 0.15) is 11.6 Å². The van der Waals surface area contributed by atoms with Gasteiger partial charge in [0.15, 0.2) is 6.61 Å². The molecule has 0 spiro atoms. The van der Waals surface area contributed by atoms with Crippen molar-refractivity contribution in [2.75, 3.05) is 6.61 Å². The zero-order chi connectivity index (χ0) is 19.2. The third-order valence-electron chi connectivity index (χ3n) is 5.70. The Labute approximate surface area is 158 Å². The molecule has 0 heterocycles. The summed E-state index contributed by atoms with van der Waals surface area (Å²) in [6.45, 7) is -0.400. The maximum Gasteiger partial charge on any atom is 0.341 e. The maximum atomic E-state index is 13.7. The van der Waals surface area contributed by atoms with Gasteiger partial charge >= 0.3 is 5.97 Å². The summed E-state index contributed by atoms with van der Waals surface area (Å²) in [5.74, 6) is -2.89. The molecule has 0 radical (unpaired) electrons. The second-order valence-electron chi connectivity index (χ2n) is 7.58. The van der Waals surface area contributed by atoms with Crippen LogP contribution >= 0.6 is 0 Å². The molecule has 3 rings (SSSR count). The molecule has 0 aliphatic heterocycles. The summed E-state index contributed by atoms with van der Waals surface area (Å²) in [6.07, 6.45) is 10.8. The van der Waals surface area contributed by atoms with Gasteiger partial charge in [-0.15, -0.1) is 0 Å². The molecular formula is C21H27F2NO3. The highest BCUT2D eigenvalue weighted by molar-refractivity contribution is 5.91. The van der Waals surface area contributed by atoms with Gasteiger partial charge in [0.25, 0.3) is 5.91 Å². The number of carbonyl (C=O) groups excluding carboxylic acids is 2. The number of ether oxygens (including phenoxy) is 1. The number of rotatable bonds is 5. The molecule has 2 saturated carbocycles. The number of carbonyl (C=O) groups is 2. The molecule has 0 bridgehead atoms. The average Bonchev–Trinajstić information content (AvgIpc) is 2.68. The highest BCUT2D eigenvalue weighted by atomic mass is 19.1. The van der Waals surface area contributed by atoms with Gasteiger partial charge in [-0.1, -0.05) is 38.5 Å². The highest BCUT2D eigenvalue weighted by Crippen LogP contribution is 2.30. The molecule has 2 aliphatic carbocycles. The summed E-state index contributed by atoms with van der Waals surface area (Å²) < 4.78 is 31.8. The van der Waals surface area contributed by atoms with Gasteiger partial charge in [-0.2, -0.15) is 0 Å². The Morgan fingerprint density at radius 2 is 1.48 bits per heavy atom. The van der Waals surface area contributed by atoms with E-state index in [1.807, 2.05) is 4.90 Å². The van der Waals surface area contributed by atoms with Crippen LogP contribution in [0.3, 0.4) is 0 Å². The van der Waals surface area contributed by atoms with E-state index in [1.54, 1.807) is 0 Å². The molecule has 148 valence electrons. The fraction of sp³-hybridized carbons (Fsp3) is 0.619. The van der Waals surface area contributed by atoms with E-state index in [0.717, 1.165) is 63.5 Å². The van der Waals surface area contributed by atoms with Crippen molar-refractivity contribution in [2.45, 2.75) is 76.3 Å². The van der Waals surface area contributed by atoms with E-state index in [0.29, 0.717) is 6.07 Å². The van der Waals surface area contributed by atoms with Crippen LogP contribution in [0.2, 0.25) is 0 Å². The molecule has 0 unspecified atom stereocenters. The lowest BCUT2D eigenvalue weighted by atomic mass is 9.88. The molecule has 1 aromatic rings. The lowest BCUT2D eigenvalue weighted by Gasteiger charge is -2.41. The fourth-order valence-electron chi connectivity index (χ4n) is 4.36. The van der Waals surface area contributed by atoms with Crippen LogP contribution in [0.4, 0.5) is 8.78 Å². The molecule has 2 fully saturated rings. The zero-order valence-corrected chi connectivity index (χ0v) is 15.6.